The van der Waals surface area contributed by atoms with E-state index in [0.717, 1.165) is 6.07 Å². The van der Waals surface area contributed by atoms with Gasteiger partial charge in [0.25, 0.3) is 6.43 Å². The van der Waals surface area contributed by atoms with Crippen LogP contribution in [0.25, 0.3) is 10.9 Å². The molecule has 124 valence electrons. The van der Waals surface area contributed by atoms with Gasteiger partial charge in [0.15, 0.2) is 0 Å². The largest absolute Gasteiger partial charge is 0.363 e. The Hall–Kier alpha value is -2.22. The summed E-state index contributed by atoms with van der Waals surface area (Å²) in [7, 11) is 0. The van der Waals surface area contributed by atoms with Crippen LogP contribution in [-0.2, 0) is 0 Å². The van der Waals surface area contributed by atoms with Crippen molar-refractivity contribution in [3.63, 3.8) is 0 Å². The molecule has 0 aliphatic rings. The van der Waals surface area contributed by atoms with Gasteiger partial charge in [-0.05, 0) is 28.9 Å². The number of anilines is 1. The van der Waals surface area contributed by atoms with Crippen LogP contribution in [0.15, 0.2) is 41.4 Å². The Labute approximate surface area is 144 Å². The Morgan fingerprint density at radius 2 is 1.88 bits per heavy atom. The van der Waals surface area contributed by atoms with Gasteiger partial charge in [0.2, 0.25) is 0 Å². The van der Waals surface area contributed by atoms with Crippen LogP contribution in [0.4, 0.5) is 19.0 Å². The number of nitrogens with one attached hydrogen (secondary N) is 1. The van der Waals surface area contributed by atoms with Crippen molar-refractivity contribution in [3.05, 3.63) is 58.3 Å². The minimum Gasteiger partial charge on any atom is -0.363 e. The second-order valence-corrected chi connectivity index (χ2v) is 5.98. The number of hydrogen-bond acceptors (Lipinski definition) is 4. The van der Waals surface area contributed by atoms with Crippen molar-refractivity contribution in [3.8, 4) is 0 Å². The van der Waals surface area contributed by atoms with Crippen LogP contribution in [0.2, 0.25) is 0 Å². The van der Waals surface area contributed by atoms with Crippen LogP contribution in [0.5, 0.6) is 0 Å². The number of hydrogen-bond donors (Lipinski definition) is 1. The Bertz CT molecular complexity index is 888. The number of alkyl halides is 2. The Kier molecular flexibility index (Phi) is 4.66. The maximum atomic E-state index is 14.3. The second-order valence-electron chi connectivity index (χ2n) is 5.16. The minimum atomic E-state index is -2.86. The highest BCUT2D eigenvalue weighted by molar-refractivity contribution is 9.10. The summed E-state index contributed by atoms with van der Waals surface area (Å²) < 4.78 is 40.6. The number of pyridine rings is 1. The summed E-state index contributed by atoms with van der Waals surface area (Å²) in [5.74, 6) is -0.439. The van der Waals surface area contributed by atoms with Crippen molar-refractivity contribution in [1.29, 1.82) is 0 Å². The third-order valence-corrected chi connectivity index (χ3v) is 4.04. The maximum absolute atomic E-state index is 14.3. The molecule has 3 rings (SSSR count). The van der Waals surface area contributed by atoms with E-state index >= 15 is 0 Å². The molecule has 2 aromatic heterocycles. The lowest BCUT2D eigenvalue weighted by atomic mass is 10.0. The van der Waals surface area contributed by atoms with Crippen LogP contribution >= 0.6 is 15.9 Å². The maximum Gasteiger partial charge on any atom is 0.266 e. The molecular weight excluding hydrogens is 385 g/mol. The smallest absolute Gasteiger partial charge is 0.266 e. The molecule has 8 heteroatoms. The fraction of sp³-hybridized carbons (Fsp3) is 0.188. The fourth-order valence-corrected chi connectivity index (χ4v) is 2.73. The molecule has 1 aromatic carbocycles. The van der Waals surface area contributed by atoms with Gasteiger partial charge in [0.05, 0.1) is 23.3 Å². The number of aromatic nitrogens is 3. The van der Waals surface area contributed by atoms with E-state index in [1.807, 2.05) is 0 Å². The molecule has 1 N–H and O–H groups in total. The van der Waals surface area contributed by atoms with Gasteiger partial charge >= 0.3 is 0 Å². The molecule has 0 bridgehead atoms. The number of nitrogens with zero attached hydrogens (tertiary/aromatic N) is 3. The van der Waals surface area contributed by atoms with Crippen molar-refractivity contribution < 1.29 is 13.2 Å². The summed E-state index contributed by atoms with van der Waals surface area (Å²) >= 11 is 3.28. The van der Waals surface area contributed by atoms with E-state index in [2.05, 4.69) is 36.2 Å². The topological polar surface area (TPSA) is 50.7 Å². The zero-order valence-corrected chi connectivity index (χ0v) is 14.1. The van der Waals surface area contributed by atoms with E-state index < -0.39 is 23.8 Å². The molecule has 0 fully saturated rings. The molecule has 24 heavy (non-hydrogen) atoms. The first-order valence-corrected chi connectivity index (χ1v) is 7.86. The Morgan fingerprint density at radius 1 is 1.12 bits per heavy atom. The van der Waals surface area contributed by atoms with Gasteiger partial charge in [-0.1, -0.05) is 18.2 Å². The van der Waals surface area contributed by atoms with E-state index in [0.29, 0.717) is 21.3 Å². The van der Waals surface area contributed by atoms with Gasteiger partial charge < -0.3 is 5.32 Å². The van der Waals surface area contributed by atoms with Crippen LogP contribution in [0, 0.1) is 5.82 Å². The quantitative estimate of drug-likeness (QED) is 0.627. The molecule has 0 saturated carbocycles. The van der Waals surface area contributed by atoms with E-state index in [4.69, 9.17) is 0 Å². The van der Waals surface area contributed by atoms with Crippen LogP contribution in [-0.4, -0.2) is 15.0 Å². The summed E-state index contributed by atoms with van der Waals surface area (Å²) in [5.41, 5.74) is 0.151. The fourth-order valence-electron chi connectivity index (χ4n) is 2.40. The number of benzene rings is 1. The second kappa shape index (κ2) is 6.72. The predicted octanol–water partition coefficient (Wildman–Crippen LogP) is 5.04. The lowest BCUT2D eigenvalue weighted by molar-refractivity contribution is 0.146. The predicted molar refractivity (Wildman–Crippen MR) is 88.4 cm³/mol. The first-order valence-electron chi connectivity index (χ1n) is 7.06. The zero-order chi connectivity index (χ0) is 17.3. The normalized spacial score (nSPS) is 12.6. The molecule has 3 aromatic rings. The Morgan fingerprint density at radius 3 is 2.62 bits per heavy atom. The highest BCUT2D eigenvalue weighted by Gasteiger charge is 2.20. The van der Waals surface area contributed by atoms with Crippen LogP contribution in [0.3, 0.4) is 0 Å². The average molecular weight is 397 g/mol. The van der Waals surface area contributed by atoms with Crippen LogP contribution < -0.4 is 5.32 Å². The first kappa shape index (κ1) is 16.6. The number of rotatable bonds is 4. The summed E-state index contributed by atoms with van der Waals surface area (Å²) in [4.78, 5) is 12.4. The number of halogens is 4. The van der Waals surface area contributed by atoms with E-state index in [-0.39, 0.29) is 5.56 Å². The van der Waals surface area contributed by atoms with E-state index in [1.54, 1.807) is 19.2 Å². The van der Waals surface area contributed by atoms with Gasteiger partial charge in [-0.3, -0.25) is 0 Å². The summed E-state index contributed by atoms with van der Waals surface area (Å²) in [6.45, 7) is 1.68. The standard InChI is InChI=1S/C16H12BrF3N4/c1-8(9-3-2-4-10(14(9)18)15(19)20)24-16-11-5-13(17)21-6-12(11)22-7-23-16/h2-8,15H,1H3,(H,22,23,24)/t8-/m1/s1. The van der Waals surface area contributed by atoms with E-state index in [9.17, 15) is 13.2 Å². The SMILES string of the molecule is C[C@@H](Nc1ncnc2cnc(Br)cc12)c1cccc(C(F)F)c1F. The van der Waals surface area contributed by atoms with Gasteiger partial charge in [0.1, 0.15) is 22.6 Å². The van der Waals surface area contributed by atoms with Gasteiger partial charge in [-0.25, -0.2) is 28.1 Å². The highest BCUT2D eigenvalue weighted by Crippen LogP contribution is 2.30. The van der Waals surface area contributed by atoms with Crippen molar-refractivity contribution in [1.82, 2.24) is 15.0 Å². The molecule has 0 amide bonds. The zero-order valence-electron chi connectivity index (χ0n) is 12.5. The third kappa shape index (κ3) is 3.19. The molecule has 0 spiro atoms. The molecule has 1 atom stereocenters. The third-order valence-electron chi connectivity index (χ3n) is 3.60. The molecule has 4 nitrogen and oxygen atoms in total. The lowest BCUT2D eigenvalue weighted by Gasteiger charge is -2.18. The summed E-state index contributed by atoms with van der Waals surface area (Å²) in [5, 5.41) is 3.74. The average Bonchev–Trinajstić information content (AvgIpc) is 2.55. The molecule has 0 unspecified atom stereocenters. The van der Waals surface area contributed by atoms with Crippen molar-refractivity contribution in [2.75, 3.05) is 5.32 Å². The van der Waals surface area contributed by atoms with E-state index in [1.165, 1.54) is 18.5 Å². The van der Waals surface area contributed by atoms with Gasteiger partial charge in [-0.15, -0.1) is 0 Å². The molecule has 0 aliphatic carbocycles. The molecule has 0 radical (unpaired) electrons. The molecule has 0 aliphatic heterocycles. The van der Waals surface area contributed by atoms with Crippen molar-refractivity contribution in [2.45, 2.75) is 19.4 Å². The molecule has 0 saturated heterocycles. The van der Waals surface area contributed by atoms with Gasteiger partial charge in [-0.2, -0.15) is 0 Å². The lowest BCUT2D eigenvalue weighted by Crippen LogP contribution is -2.11. The molecule has 2 heterocycles. The van der Waals surface area contributed by atoms with Crippen LogP contribution in [0.1, 0.15) is 30.5 Å². The number of fused-ring (bicyclic) bond motifs is 1. The van der Waals surface area contributed by atoms with Crippen molar-refractivity contribution in [2.24, 2.45) is 0 Å². The minimum absolute atomic E-state index is 0.146. The van der Waals surface area contributed by atoms with Crippen molar-refractivity contribution >= 4 is 32.7 Å². The highest BCUT2D eigenvalue weighted by atomic mass is 79.9. The Balaban J connectivity index is 1.98. The summed E-state index contributed by atoms with van der Waals surface area (Å²) in [6.07, 6.45) is 0.0764. The van der Waals surface area contributed by atoms with Gasteiger partial charge in [0, 0.05) is 10.9 Å². The molecular formula is C16H12BrF3N4. The monoisotopic (exact) mass is 396 g/mol. The first-order chi connectivity index (χ1) is 11.5. The summed E-state index contributed by atoms with van der Waals surface area (Å²) in [6, 6.07) is 5.14.